The molecule has 142 valence electrons. The maximum absolute atomic E-state index is 12.9. The summed E-state index contributed by atoms with van der Waals surface area (Å²) in [5.74, 6) is 0.835. The SMILES string of the molecule is CSc1ccc(CC(=O)N2C[C@H]3CC[C@@H]2CN(CC(=O)N(C)C)C3)cc1. The summed E-state index contributed by atoms with van der Waals surface area (Å²) >= 11 is 1.71. The van der Waals surface area contributed by atoms with Crippen LogP contribution in [0.1, 0.15) is 18.4 Å². The molecule has 3 aliphatic heterocycles. The van der Waals surface area contributed by atoms with Crippen molar-refractivity contribution in [2.75, 3.05) is 46.5 Å². The molecule has 0 saturated carbocycles. The molecule has 0 radical (unpaired) electrons. The third kappa shape index (κ3) is 4.60. The van der Waals surface area contributed by atoms with Crippen LogP contribution in [0.5, 0.6) is 0 Å². The van der Waals surface area contributed by atoms with E-state index in [1.165, 1.54) is 4.90 Å². The van der Waals surface area contributed by atoms with Gasteiger partial charge in [0, 0.05) is 44.7 Å². The number of likely N-dealkylation sites (N-methyl/N-ethyl adjacent to an activating group) is 1. The van der Waals surface area contributed by atoms with Crippen molar-refractivity contribution < 1.29 is 9.59 Å². The van der Waals surface area contributed by atoms with Crippen molar-refractivity contribution in [3.63, 3.8) is 0 Å². The molecule has 0 N–H and O–H groups in total. The summed E-state index contributed by atoms with van der Waals surface area (Å²) in [6.45, 7) is 3.02. The molecular formula is C20H29N3O2S. The van der Waals surface area contributed by atoms with E-state index in [0.29, 0.717) is 18.9 Å². The van der Waals surface area contributed by atoms with Gasteiger partial charge in [0.1, 0.15) is 0 Å². The molecule has 0 spiro atoms. The van der Waals surface area contributed by atoms with Crippen molar-refractivity contribution in [3.05, 3.63) is 29.8 Å². The first-order valence-corrected chi connectivity index (χ1v) is 10.5. The minimum Gasteiger partial charge on any atom is -0.348 e. The van der Waals surface area contributed by atoms with Gasteiger partial charge in [-0.25, -0.2) is 0 Å². The van der Waals surface area contributed by atoms with Crippen LogP contribution < -0.4 is 0 Å². The van der Waals surface area contributed by atoms with Crippen LogP contribution in [0.25, 0.3) is 0 Å². The van der Waals surface area contributed by atoms with Gasteiger partial charge in [0.25, 0.3) is 0 Å². The molecular weight excluding hydrogens is 346 g/mol. The zero-order valence-electron chi connectivity index (χ0n) is 16.0. The zero-order chi connectivity index (χ0) is 18.7. The van der Waals surface area contributed by atoms with E-state index >= 15 is 0 Å². The van der Waals surface area contributed by atoms with Crippen molar-refractivity contribution in [1.82, 2.24) is 14.7 Å². The van der Waals surface area contributed by atoms with Gasteiger partial charge < -0.3 is 9.80 Å². The Bertz CT molecular complexity index is 647. The van der Waals surface area contributed by atoms with Gasteiger partial charge in [0.2, 0.25) is 11.8 Å². The zero-order valence-corrected chi connectivity index (χ0v) is 16.8. The maximum Gasteiger partial charge on any atom is 0.236 e. The number of carbonyl (C=O) groups excluding carboxylic acids is 2. The maximum atomic E-state index is 12.9. The van der Waals surface area contributed by atoms with Crippen LogP contribution in [0.15, 0.2) is 29.2 Å². The van der Waals surface area contributed by atoms with Gasteiger partial charge in [-0.3, -0.25) is 14.5 Å². The molecule has 0 aromatic heterocycles. The van der Waals surface area contributed by atoms with Crippen molar-refractivity contribution in [1.29, 1.82) is 0 Å². The lowest BCUT2D eigenvalue weighted by Gasteiger charge is -2.36. The monoisotopic (exact) mass is 375 g/mol. The molecule has 3 fully saturated rings. The van der Waals surface area contributed by atoms with E-state index in [9.17, 15) is 9.59 Å². The molecule has 6 heteroatoms. The molecule has 2 atom stereocenters. The Balaban J connectivity index is 1.63. The van der Waals surface area contributed by atoms with Gasteiger partial charge in [-0.15, -0.1) is 11.8 Å². The number of fused-ring (bicyclic) bond motifs is 4. The van der Waals surface area contributed by atoms with Gasteiger partial charge in [-0.1, -0.05) is 12.1 Å². The standard InChI is InChI=1S/C20H29N3O2S/c1-21(2)20(25)14-22-11-16-4-7-17(13-22)23(12-16)19(24)10-15-5-8-18(26-3)9-6-15/h5-6,8-9,16-17H,4,7,10-14H2,1-3H3/t16-,17+/m0/s1. The van der Waals surface area contributed by atoms with E-state index in [2.05, 4.69) is 40.3 Å². The van der Waals surface area contributed by atoms with Crippen molar-refractivity contribution in [2.24, 2.45) is 5.92 Å². The second-order valence-electron chi connectivity index (χ2n) is 7.65. The van der Waals surface area contributed by atoms with Crippen LogP contribution in [0, 0.1) is 5.92 Å². The number of benzene rings is 1. The normalized spacial score (nSPS) is 23.0. The van der Waals surface area contributed by atoms with Crippen LogP contribution in [0.4, 0.5) is 0 Å². The average molecular weight is 376 g/mol. The lowest BCUT2D eigenvalue weighted by Crippen LogP contribution is -2.48. The third-order valence-corrected chi connectivity index (χ3v) is 6.23. The summed E-state index contributed by atoms with van der Waals surface area (Å²) in [4.78, 5) is 32.2. The minimum absolute atomic E-state index is 0.137. The molecule has 3 saturated heterocycles. The number of nitrogens with zero attached hydrogens (tertiary/aromatic N) is 3. The number of hydrogen-bond donors (Lipinski definition) is 0. The van der Waals surface area contributed by atoms with E-state index < -0.39 is 0 Å². The molecule has 3 heterocycles. The van der Waals surface area contributed by atoms with Gasteiger partial charge in [0.05, 0.1) is 13.0 Å². The Morgan fingerprint density at radius 2 is 1.85 bits per heavy atom. The van der Waals surface area contributed by atoms with E-state index in [1.807, 2.05) is 0 Å². The molecule has 0 aliphatic carbocycles. The summed E-state index contributed by atoms with van der Waals surface area (Å²) in [7, 11) is 3.60. The summed E-state index contributed by atoms with van der Waals surface area (Å²) in [6.07, 6.45) is 4.73. The first-order valence-electron chi connectivity index (χ1n) is 9.31. The minimum atomic E-state index is 0.137. The van der Waals surface area contributed by atoms with E-state index in [1.54, 1.807) is 30.8 Å². The van der Waals surface area contributed by atoms with Crippen molar-refractivity contribution in [3.8, 4) is 0 Å². The molecule has 1 aromatic rings. The largest absolute Gasteiger partial charge is 0.348 e. The Morgan fingerprint density at radius 1 is 1.12 bits per heavy atom. The van der Waals surface area contributed by atoms with E-state index in [4.69, 9.17) is 0 Å². The second kappa shape index (κ2) is 8.44. The molecule has 4 rings (SSSR count). The van der Waals surface area contributed by atoms with Crippen LogP contribution in [0.2, 0.25) is 0 Å². The Labute approximate surface area is 160 Å². The summed E-state index contributed by atoms with van der Waals surface area (Å²) in [5.41, 5.74) is 1.08. The van der Waals surface area contributed by atoms with Gasteiger partial charge in [-0.05, 0) is 42.7 Å². The lowest BCUT2D eigenvalue weighted by atomic mass is 9.94. The van der Waals surface area contributed by atoms with Crippen molar-refractivity contribution >= 4 is 23.6 Å². The van der Waals surface area contributed by atoms with Crippen molar-refractivity contribution in [2.45, 2.75) is 30.2 Å². The Kier molecular flexibility index (Phi) is 6.24. The first-order chi connectivity index (χ1) is 12.5. The van der Waals surface area contributed by atoms with Crippen LogP contribution in [-0.4, -0.2) is 79.1 Å². The lowest BCUT2D eigenvalue weighted by molar-refractivity contribution is -0.134. The Hall–Kier alpha value is -1.53. The van der Waals surface area contributed by atoms with Gasteiger partial charge in [0.15, 0.2) is 0 Å². The number of amides is 2. The molecule has 1 aromatic carbocycles. The highest BCUT2D eigenvalue weighted by atomic mass is 32.2. The molecule has 5 nitrogen and oxygen atoms in total. The highest BCUT2D eigenvalue weighted by Crippen LogP contribution is 2.28. The quantitative estimate of drug-likeness (QED) is 0.738. The number of thioether (sulfide) groups is 1. The highest BCUT2D eigenvalue weighted by molar-refractivity contribution is 7.98. The fraction of sp³-hybridized carbons (Fsp3) is 0.600. The van der Waals surface area contributed by atoms with E-state index in [-0.39, 0.29) is 17.9 Å². The molecule has 2 bridgehead atoms. The number of carbonyl (C=O) groups is 2. The van der Waals surface area contributed by atoms with Crippen LogP contribution in [0.3, 0.4) is 0 Å². The second-order valence-corrected chi connectivity index (χ2v) is 8.53. The average Bonchev–Trinajstić information content (AvgIpc) is 2.92. The fourth-order valence-corrected chi connectivity index (χ4v) is 4.37. The van der Waals surface area contributed by atoms with Gasteiger partial charge >= 0.3 is 0 Å². The fourth-order valence-electron chi connectivity index (χ4n) is 3.97. The predicted octanol–water partition coefficient (Wildman–Crippen LogP) is 1.96. The predicted molar refractivity (Wildman–Crippen MR) is 105 cm³/mol. The summed E-state index contributed by atoms with van der Waals surface area (Å²) in [5, 5.41) is 0. The topological polar surface area (TPSA) is 43.9 Å². The number of rotatable bonds is 5. The van der Waals surface area contributed by atoms with E-state index in [0.717, 1.165) is 38.0 Å². The highest BCUT2D eigenvalue weighted by Gasteiger charge is 2.37. The Morgan fingerprint density at radius 3 is 2.50 bits per heavy atom. The molecule has 26 heavy (non-hydrogen) atoms. The molecule has 3 aliphatic rings. The van der Waals surface area contributed by atoms with Crippen LogP contribution >= 0.6 is 11.8 Å². The molecule has 0 unspecified atom stereocenters. The summed E-state index contributed by atoms with van der Waals surface area (Å²) < 4.78 is 0. The number of piperidine rings is 1. The summed E-state index contributed by atoms with van der Waals surface area (Å²) in [6, 6.07) is 8.51. The van der Waals surface area contributed by atoms with Gasteiger partial charge in [-0.2, -0.15) is 0 Å². The smallest absolute Gasteiger partial charge is 0.236 e. The first kappa shape index (κ1) is 19.2. The van der Waals surface area contributed by atoms with Crippen LogP contribution in [-0.2, 0) is 16.0 Å². The number of hydrogen-bond acceptors (Lipinski definition) is 4. The third-order valence-electron chi connectivity index (χ3n) is 5.48. The molecule has 2 amide bonds.